The number of rotatable bonds is 0. The lowest BCUT2D eigenvalue weighted by atomic mass is 10.1. The van der Waals surface area contributed by atoms with Crippen molar-refractivity contribution in [2.45, 2.75) is 31.8 Å². The molecule has 3 atom stereocenters. The summed E-state index contributed by atoms with van der Waals surface area (Å²) >= 11 is 0. The van der Waals surface area contributed by atoms with Gasteiger partial charge in [0.15, 0.2) is 12.1 Å². The molecular weight excluding hydrogens is 136 g/mol. The Hall–Kier alpha value is -0.450. The van der Waals surface area contributed by atoms with E-state index in [4.69, 9.17) is 10.2 Å². The van der Waals surface area contributed by atoms with Crippen LogP contribution in [0.3, 0.4) is 0 Å². The summed E-state index contributed by atoms with van der Waals surface area (Å²) in [6, 6.07) is 0. The first-order valence-electron chi connectivity index (χ1n) is 3.15. The number of carbonyl (C=O) groups excluding carboxylic acids is 1. The van der Waals surface area contributed by atoms with Gasteiger partial charge in [0.25, 0.3) is 0 Å². The van der Waals surface area contributed by atoms with Crippen LogP contribution in [0, 0.1) is 0 Å². The molecule has 0 aromatic heterocycles. The van der Waals surface area contributed by atoms with Crippen molar-refractivity contribution < 1.29 is 19.7 Å². The number of ketones is 1. The van der Waals surface area contributed by atoms with Crippen LogP contribution in [0.1, 0.15) is 13.3 Å². The maximum Gasteiger partial charge on any atom is 0.182 e. The Bertz CT molecular complexity index is 145. The number of hydrogen-bond donors (Lipinski definition) is 2. The molecule has 0 amide bonds. The fraction of sp³-hybridized carbons (Fsp3) is 0.833. The van der Waals surface area contributed by atoms with Crippen molar-refractivity contribution in [2.24, 2.45) is 0 Å². The van der Waals surface area contributed by atoms with E-state index in [0.717, 1.165) is 0 Å². The van der Waals surface area contributed by atoms with Crippen molar-refractivity contribution in [3.63, 3.8) is 0 Å². The number of hydrogen-bond acceptors (Lipinski definition) is 4. The highest BCUT2D eigenvalue weighted by atomic mass is 16.6. The SMILES string of the molecule is C[C@H]1O[C@@H](O)[C@H](O)CC1=O. The Morgan fingerprint density at radius 1 is 1.60 bits per heavy atom. The molecule has 0 aromatic carbocycles. The Kier molecular flexibility index (Phi) is 2.03. The molecule has 1 heterocycles. The molecule has 0 aromatic rings. The average Bonchev–Trinajstić information content (AvgIpc) is 1.84. The molecule has 1 fully saturated rings. The highest BCUT2D eigenvalue weighted by Crippen LogP contribution is 2.13. The van der Waals surface area contributed by atoms with Crippen LogP contribution in [0.15, 0.2) is 0 Å². The average molecular weight is 146 g/mol. The van der Waals surface area contributed by atoms with E-state index >= 15 is 0 Å². The Balaban J connectivity index is 2.54. The second kappa shape index (κ2) is 2.65. The second-order valence-electron chi connectivity index (χ2n) is 2.41. The molecule has 2 N–H and O–H groups in total. The predicted octanol–water partition coefficient (Wildman–Crippen LogP) is -0.956. The van der Waals surface area contributed by atoms with Crippen LogP contribution in [0.2, 0.25) is 0 Å². The van der Waals surface area contributed by atoms with E-state index in [2.05, 4.69) is 4.74 Å². The molecule has 1 aliphatic rings. The van der Waals surface area contributed by atoms with Gasteiger partial charge in [-0.15, -0.1) is 0 Å². The zero-order valence-corrected chi connectivity index (χ0v) is 5.65. The zero-order chi connectivity index (χ0) is 7.72. The predicted molar refractivity (Wildman–Crippen MR) is 32.2 cm³/mol. The molecule has 0 saturated carbocycles. The van der Waals surface area contributed by atoms with Gasteiger partial charge < -0.3 is 14.9 Å². The summed E-state index contributed by atoms with van der Waals surface area (Å²) in [6.07, 6.45) is -2.85. The summed E-state index contributed by atoms with van der Waals surface area (Å²) in [7, 11) is 0. The lowest BCUT2D eigenvalue weighted by Gasteiger charge is -2.26. The van der Waals surface area contributed by atoms with Crippen molar-refractivity contribution >= 4 is 5.78 Å². The molecule has 0 radical (unpaired) electrons. The molecule has 0 unspecified atom stereocenters. The van der Waals surface area contributed by atoms with Gasteiger partial charge in [0.2, 0.25) is 0 Å². The summed E-state index contributed by atoms with van der Waals surface area (Å²) in [5, 5.41) is 17.7. The topological polar surface area (TPSA) is 66.8 Å². The van der Waals surface area contributed by atoms with E-state index in [1.165, 1.54) is 0 Å². The largest absolute Gasteiger partial charge is 0.387 e. The summed E-state index contributed by atoms with van der Waals surface area (Å²) < 4.78 is 4.67. The van der Waals surface area contributed by atoms with Gasteiger partial charge in [-0.3, -0.25) is 4.79 Å². The monoisotopic (exact) mass is 146 g/mol. The van der Waals surface area contributed by atoms with Crippen LogP contribution in [-0.4, -0.2) is 34.5 Å². The standard InChI is InChI=1S/C6H10O4/c1-3-4(7)2-5(8)6(9)10-3/h3,5-6,8-9H,2H2,1H3/t3-,5-,6-/m1/s1. The van der Waals surface area contributed by atoms with Crippen LogP contribution in [-0.2, 0) is 9.53 Å². The first-order chi connectivity index (χ1) is 4.61. The lowest BCUT2D eigenvalue weighted by molar-refractivity contribution is -0.208. The smallest absolute Gasteiger partial charge is 0.182 e. The van der Waals surface area contributed by atoms with Crippen LogP contribution < -0.4 is 0 Å². The molecular formula is C6H10O4. The number of ether oxygens (including phenoxy) is 1. The highest BCUT2D eigenvalue weighted by molar-refractivity contribution is 5.83. The van der Waals surface area contributed by atoms with Crippen molar-refractivity contribution in [3.8, 4) is 0 Å². The minimum atomic E-state index is -1.20. The third-order valence-corrected chi connectivity index (χ3v) is 1.54. The third-order valence-electron chi connectivity index (χ3n) is 1.54. The first kappa shape index (κ1) is 7.65. The fourth-order valence-corrected chi connectivity index (χ4v) is 0.849. The fourth-order valence-electron chi connectivity index (χ4n) is 0.849. The van der Waals surface area contributed by atoms with Crippen molar-refractivity contribution in [3.05, 3.63) is 0 Å². The molecule has 1 rings (SSSR count). The van der Waals surface area contributed by atoms with Gasteiger partial charge in [0.05, 0.1) is 0 Å². The van der Waals surface area contributed by atoms with Gasteiger partial charge in [0, 0.05) is 6.42 Å². The summed E-state index contributed by atoms with van der Waals surface area (Å²) in [5.74, 6) is -0.169. The van der Waals surface area contributed by atoms with Crippen LogP contribution in [0.5, 0.6) is 0 Å². The first-order valence-corrected chi connectivity index (χ1v) is 3.15. The number of aliphatic hydroxyl groups is 2. The molecule has 4 nitrogen and oxygen atoms in total. The van der Waals surface area contributed by atoms with Crippen LogP contribution >= 0.6 is 0 Å². The minimum absolute atomic E-state index is 0.0116. The summed E-state index contributed by atoms with van der Waals surface area (Å²) in [5.41, 5.74) is 0. The normalized spacial score (nSPS) is 41.9. The van der Waals surface area contributed by atoms with Gasteiger partial charge in [-0.1, -0.05) is 0 Å². The Morgan fingerprint density at radius 2 is 2.20 bits per heavy atom. The molecule has 0 spiro atoms. The highest BCUT2D eigenvalue weighted by Gasteiger charge is 2.31. The molecule has 10 heavy (non-hydrogen) atoms. The van der Waals surface area contributed by atoms with Gasteiger partial charge in [-0.05, 0) is 6.92 Å². The van der Waals surface area contributed by atoms with Crippen molar-refractivity contribution in [1.29, 1.82) is 0 Å². The Morgan fingerprint density at radius 3 is 2.70 bits per heavy atom. The van der Waals surface area contributed by atoms with E-state index in [1.807, 2.05) is 0 Å². The number of Topliss-reactive ketones (excluding diaryl/α,β-unsaturated/α-hetero) is 1. The molecule has 1 saturated heterocycles. The number of carbonyl (C=O) groups is 1. The van der Waals surface area contributed by atoms with Gasteiger partial charge >= 0.3 is 0 Å². The van der Waals surface area contributed by atoms with Crippen molar-refractivity contribution in [2.75, 3.05) is 0 Å². The molecule has 0 bridgehead atoms. The van der Waals surface area contributed by atoms with E-state index in [-0.39, 0.29) is 12.2 Å². The van der Waals surface area contributed by atoms with E-state index in [0.29, 0.717) is 0 Å². The maximum absolute atomic E-state index is 10.8. The molecule has 4 heteroatoms. The van der Waals surface area contributed by atoms with Crippen molar-refractivity contribution in [1.82, 2.24) is 0 Å². The van der Waals surface area contributed by atoms with Crippen LogP contribution in [0.25, 0.3) is 0 Å². The molecule has 1 aliphatic heterocycles. The van der Waals surface area contributed by atoms with Gasteiger partial charge in [-0.2, -0.15) is 0 Å². The van der Waals surface area contributed by atoms with Gasteiger partial charge in [0.1, 0.15) is 12.2 Å². The van der Waals surface area contributed by atoms with Gasteiger partial charge in [-0.25, -0.2) is 0 Å². The quantitative estimate of drug-likeness (QED) is 0.462. The Labute approximate surface area is 58.4 Å². The zero-order valence-electron chi connectivity index (χ0n) is 5.65. The van der Waals surface area contributed by atoms with E-state index in [9.17, 15) is 4.79 Å². The minimum Gasteiger partial charge on any atom is -0.387 e. The summed E-state index contributed by atoms with van der Waals surface area (Å²) in [6.45, 7) is 1.55. The maximum atomic E-state index is 10.8. The third kappa shape index (κ3) is 1.34. The lowest BCUT2D eigenvalue weighted by Crippen LogP contribution is -2.43. The van der Waals surface area contributed by atoms with E-state index in [1.54, 1.807) is 6.92 Å². The molecule has 0 aliphatic carbocycles. The summed E-state index contributed by atoms with van der Waals surface area (Å²) in [4.78, 5) is 10.8. The van der Waals surface area contributed by atoms with E-state index < -0.39 is 18.5 Å². The number of aliphatic hydroxyl groups excluding tert-OH is 2. The second-order valence-corrected chi connectivity index (χ2v) is 2.41. The molecule has 58 valence electrons. The van der Waals surface area contributed by atoms with Crippen LogP contribution in [0.4, 0.5) is 0 Å².